The molecule has 0 aliphatic carbocycles. The van der Waals surface area contributed by atoms with Gasteiger partial charge in [-0.3, -0.25) is 4.79 Å². The molecule has 1 amide bonds. The highest BCUT2D eigenvalue weighted by Gasteiger charge is 2.12. The molecule has 0 saturated carbocycles. The number of hydrogen-bond acceptors (Lipinski definition) is 2. The third kappa shape index (κ3) is 3.96. The highest BCUT2D eigenvalue weighted by atomic mass is 16.5. The fraction of sp³-hybridized carbons (Fsp3) is 0.167. The van der Waals surface area contributed by atoms with Gasteiger partial charge in [-0.1, -0.05) is 49.1 Å². The molecule has 3 heteroatoms. The van der Waals surface area contributed by atoms with Gasteiger partial charge in [0.25, 0.3) is 5.91 Å². The van der Waals surface area contributed by atoms with E-state index >= 15 is 0 Å². The van der Waals surface area contributed by atoms with Crippen molar-refractivity contribution in [1.29, 1.82) is 0 Å². The molecule has 0 atom stereocenters. The minimum absolute atomic E-state index is 0.129. The molecule has 0 heterocycles. The normalized spacial score (nSPS) is 9.95. The SMILES string of the molecule is C=Cc1ccc(C(=O)NCC)c(OCc2ccccc2)c1. The largest absolute Gasteiger partial charge is 0.488 e. The van der Waals surface area contributed by atoms with Gasteiger partial charge in [-0.15, -0.1) is 0 Å². The van der Waals surface area contributed by atoms with Crippen molar-refractivity contribution in [2.45, 2.75) is 13.5 Å². The van der Waals surface area contributed by atoms with Gasteiger partial charge in [0.15, 0.2) is 0 Å². The summed E-state index contributed by atoms with van der Waals surface area (Å²) in [6.07, 6.45) is 1.73. The fourth-order valence-electron chi connectivity index (χ4n) is 1.96. The quantitative estimate of drug-likeness (QED) is 0.877. The molecule has 2 aromatic carbocycles. The summed E-state index contributed by atoms with van der Waals surface area (Å²) in [7, 11) is 0. The standard InChI is InChI=1S/C18H19NO2/c1-3-14-10-11-16(18(20)19-4-2)17(12-14)21-13-15-8-6-5-7-9-15/h3,5-12H,1,4,13H2,2H3,(H,19,20). The Labute approximate surface area is 125 Å². The van der Waals surface area contributed by atoms with E-state index in [4.69, 9.17) is 4.74 Å². The molecule has 2 aromatic rings. The number of carbonyl (C=O) groups is 1. The molecule has 0 unspecified atom stereocenters. The topological polar surface area (TPSA) is 38.3 Å². The lowest BCUT2D eigenvalue weighted by Gasteiger charge is -2.12. The van der Waals surface area contributed by atoms with Gasteiger partial charge in [0.1, 0.15) is 12.4 Å². The van der Waals surface area contributed by atoms with Crippen LogP contribution in [0.1, 0.15) is 28.4 Å². The second-order valence-electron chi connectivity index (χ2n) is 4.59. The van der Waals surface area contributed by atoms with Crippen LogP contribution in [0.4, 0.5) is 0 Å². The van der Waals surface area contributed by atoms with E-state index in [0.717, 1.165) is 11.1 Å². The zero-order valence-electron chi connectivity index (χ0n) is 12.1. The van der Waals surface area contributed by atoms with Gasteiger partial charge in [-0.2, -0.15) is 0 Å². The smallest absolute Gasteiger partial charge is 0.255 e. The van der Waals surface area contributed by atoms with Gasteiger partial charge in [0.05, 0.1) is 5.56 Å². The predicted octanol–water partition coefficient (Wildman–Crippen LogP) is 3.66. The summed E-state index contributed by atoms with van der Waals surface area (Å²) in [4.78, 5) is 12.1. The monoisotopic (exact) mass is 281 g/mol. The van der Waals surface area contributed by atoms with Gasteiger partial charge >= 0.3 is 0 Å². The fourth-order valence-corrected chi connectivity index (χ4v) is 1.96. The first-order valence-electron chi connectivity index (χ1n) is 6.96. The molecular formula is C18H19NO2. The van der Waals surface area contributed by atoms with Crippen molar-refractivity contribution >= 4 is 12.0 Å². The first kappa shape index (κ1) is 14.9. The van der Waals surface area contributed by atoms with Gasteiger partial charge in [0, 0.05) is 6.54 Å². The molecule has 21 heavy (non-hydrogen) atoms. The summed E-state index contributed by atoms with van der Waals surface area (Å²) < 4.78 is 5.82. The predicted molar refractivity (Wildman–Crippen MR) is 85.3 cm³/mol. The molecule has 0 aromatic heterocycles. The van der Waals surface area contributed by atoms with E-state index in [9.17, 15) is 4.79 Å². The zero-order valence-corrected chi connectivity index (χ0v) is 12.1. The second kappa shape index (κ2) is 7.29. The highest BCUT2D eigenvalue weighted by molar-refractivity contribution is 5.97. The van der Waals surface area contributed by atoms with Crippen molar-refractivity contribution in [2.75, 3.05) is 6.54 Å². The van der Waals surface area contributed by atoms with E-state index in [-0.39, 0.29) is 5.91 Å². The molecular weight excluding hydrogens is 262 g/mol. The molecule has 0 saturated heterocycles. The third-order valence-corrected chi connectivity index (χ3v) is 3.06. The summed E-state index contributed by atoms with van der Waals surface area (Å²) in [5, 5.41) is 2.79. The Morgan fingerprint density at radius 1 is 1.24 bits per heavy atom. The van der Waals surface area contributed by atoms with Crippen LogP contribution in [0.2, 0.25) is 0 Å². The van der Waals surface area contributed by atoms with Crippen LogP contribution in [-0.4, -0.2) is 12.5 Å². The van der Waals surface area contributed by atoms with Crippen molar-refractivity contribution in [2.24, 2.45) is 0 Å². The summed E-state index contributed by atoms with van der Waals surface area (Å²) >= 11 is 0. The minimum Gasteiger partial charge on any atom is -0.488 e. The molecule has 0 radical (unpaired) electrons. The summed E-state index contributed by atoms with van der Waals surface area (Å²) in [5.74, 6) is 0.443. The van der Waals surface area contributed by atoms with Gasteiger partial charge < -0.3 is 10.1 Å². The summed E-state index contributed by atoms with van der Waals surface area (Å²) in [6.45, 7) is 6.64. The summed E-state index contributed by atoms with van der Waals surface area (Å²) in [5.41, 5.74) is 2.52. The minimum atomic E-state index is -0.129. The van der Waals surface area contributed by atoms with E-state index in [1.54, 1.807) is 12.1 Å². The van der Waals surface area contributed by atoms with Crippen LogP contribution in [0.25, 0.3) is 6.08 Å². The third-order valence-electron chi connectivity index (χ3n) is 3.06. The van der Waals surface area contributed by atoms with Gasteiger partial charge in [-0.05, 0) is 30.2 Å². The molecule has 3 nitrogen and oxygen atoms in total. The zero-order chi connectivity index (χ0) is 15.1. The molecule has 0 fully saturated rings. The number of amides is 1. The van der Waals surface area contributed by atoms with E-state index in [0.29, 0.717) is 24.5 Å². The molecule has 108 valence electrons. The van der Waals surface area contributed by atoms with E-state index in [2.05, 4.69) is 11.9 Å². The van der Waals surface area contributed by atoms with Gasteiger partial charge in [-0.25, -0.2) is 0 Å². The van der Waals surface area contributed by atoms with Crippen LogP contribution in [-0.2, 0) is 6.61 Å². The van der Waals surface area contributed by atoms with Crippen LogP contribution < -0.4 is 10.1 Å². The lowest BCUT2D eigenvalue weighted by molar-refractivity contribution is 0.0951. The van der Waals surface area contributed by atoms with Crippen molar-refractivity contribution in [3.05, 3.63) is 71.8 Å². The lowest BCUT2D eigenvalue weighted by Crippen LogP contribution is -2.23. The first-order valence-corrected chi connectivity index (χ1v) is 6.96. The van der Waals surface area contributed by atoms with E-state index in [1.165, 1.54) is 0 Å². The number of ether oxygens (including phenoxy) is 1. The number of hydrogen-bond donors (Lipinski definition) is 1. The Morgan fingerprint density at radius 3 is 2.67 bits per heavy atom. The Hall–Kier alpha value is -2.55. The van der Waals surface area contributed by atoms with Crippen LogP contribution in [0, 0.1) is 0 Å². The average Bonchev–Trinajstić information content (AvgIpc) is 2.53. The Kier molecular flexibility index (Phi) is 5.16. The maximum atomic E-state index is 12.1. The highest BCUT2D eigenvalue weighted by Crippen LogP contribution is 2.22. The van der Waals surface area contributed by atoms with Gasteiger partial charge in [0.2, 0.25) is 0 Å². The van der Waals surface area contributed by atoms with Crippen molar-refractivity contribution < 1.29 is 9.53 Å². The average molecular weight is 281 g/mol. The molecule has 0 aliphatic rings. The molecule has 0 spiro atoms. The maximum absolute atomic E-state index is 12.1. The first-order chi connectivity index (χ1) is 10.2. The molecule has 2 rings (SSSR count). The van der Waals surface area contributed by atoms with Crippen molar-refractivity contribution in [3.8, 4) is 5.75 Å². The van der Waals surface area contributed by atoms with Crippen LogP contribution in [0.15, 0.2) is 55.1 Å². The molecule has 0 aliphatic heterocycles. The van der Waals surface area contributed by atoms with Crippen LogP contribution >= 0.6 is 0 Å². The number of rotatable bonds is 6. The number of carbonyl (C=O) groups excluding carboxylic acids is 1. The van der Waals surface area contributed by atoms with Crippen molar-refractivity contribution in [3.63, 3.8) is 0 Å². The summed E-state index contributed by atoms with van der Waals surface area (Å²) in [6, 6.07) is 15.3. The number of benzene rings is 2. The Balaban J connectivity index is 2.22. The lowest BCUT2D eigenvalue weighted by atomic mass is 10.1. The van der Waals surface area contributed by atoms with Crippen LogP contribution in [0.3, 0.4) is 0 Å². The van der Waals surface area contributed by atoms with E-state index in [1.807, 2.05) is 49.4 Å². The molecule has 1 N–H and O–H groups in total. The Morgan fingerprint density at radius 2 is 2.00 bits per heavy atom. The number of nitrogens with one attached hydrogen (secondary N) is 1. The van der Waals surface area contributed by atoms with Crippen LogP contribution in [0.5, 0.6) is 5.75 Å². The maximum Gasteiger partial charge on any atom is 0.255 e. The van der Waals surface area contributed by atoms with E-state index < -0.39 is 0 Å². The Bertz CT molecular complexity index is 620. The second-order valence-corrected chi connectivity index (χ2v) is 4.59. The van der Waals surface area contributed by atoms with Crippen molar-refractivity contribution in [1.82, 2.24) is 5.32 Å². The molecule has 0 bridgehead atoms.